The second-order valence-electron chi connectivity index (χ2n) is 7.44. The minimum atomic E-state index is 0.725. The van der Waals surface area contributed by atoms with Gasteiger partial charge in [0.15, 0.2) is 0 Å². The van der Waals surface area contributed by atoms with E-state index in [1.807, 2.05) is 22.7 Å². The highest BCUT2D eigenvalue weighted by Gasteiger charge is 2.20. The molecular formula is C21H23ClN6S. The van der Waals surface area contributed by atoms with E-state index in [-0.39, 0.29) is 0 Å². The van der Waals surface area contributed by atoms with Gasteiger partial charge < -0.3 is 9.30 Å². The van der Waals surface area contributed by atoms with Gasteiger partial charge in [-0.25, -0.2) is 15.0 Å². The molecule has 0 bridgehead atoms. The number of pyridine rings is 1. The number of imidazole rings is 1. The molecule has 1 aliphatic rings. The van der Waals surface area contributed by atoms with Gasteiger partial charge >= 0.3 is 0 Å². The lowest BCUT2D eigenvalue weighted by atomic mass is 10.3. The van der Waals surface area contributed by atoms with E-state index in [9.17, 15) is 0 Å². The normalized spacial score (nSPS) is 16.0. The number of rotatable bonds is 4. The summed E-state index contributed by atoms with van der Waals surface area (Å²) in [7, 11) is 0. The number of halogens is 1. The van der Waals surface area contributed by atoms with Crippen LogP contribution in [-0.2, 0) is 13.0 Å². The Hall–Kier alpha value is -2.22. The van der Waals surface area contributed by atoms with Crippen molar-refractivity contribution in [2.45, 2.75) is 26.3 Å². The van der Waals surface area contributed by atoms with Crippen LogP contribution in [0.2, 0.25) is 5.02 Å². The molecule has 1 saturated heterocycles. The molecule has 5 rings (SSSR count). The first kappa shape index (κ1) is 18.8. The highest BCUT2D eigenvalue weighted by atomic mass is 35.5. The van der Waals surface area contributed by atoms with Crippen molar-refractivity contribution in [3.63, 3.8) is 0 Å². The average Bonchev–Trinajstić information content (AvgIpc) is 3.25. The fraction of sp³-hybridized carbons (Fsp3) is 0.381. The van der Waals surface area contributed by atoms with Gasteiger partial charge in [-0.05, 0) is 31.0 Å². The predicted molar refractivity (Wildman–Crippen MR) is 119 cm³/mol. The van der Waals surface area contributed by atoms with Crippen LogP contribution in [0.25, 0.3) is 15.9 Å². The molecule has 0 N–H and O–H groups in total. The molecule has 0 aromatic carbocycles. The molecule has 0 saturated carbocycles. The van der Waals surface area contributed by atoms with Gasteiger partial charge in [-0.2, -0.15) is 0 Å². The van der Waals surface area contributed by atoms with Crippen molar-refractivity contribution in [2.24, 2.45) is 0 Å². The Bertz CT molecular complexity index is 1150. The highest BCUT2D eigenvalue weighted by Crippen LogP contribution is 2.31. The van der Waals surface area contributed by atoms with Gasteiger partial charge in [0, 0.05) is 50.0 Å². The van der Waals surface area contributed by atoms with Crippen LogP contribution in [0.4, 0.5) is 5.82 Å². The number of aryl methyl sites for hydroxylation is 1. The van der Waals surface area contributed by atoms with Crippen molar-refractivity contribution in [1.82, 2.24) is 24.3 Å². The summed E-state index contributed by atoms with van der Waals surface area (Å²) in [4.78, 5) is 21.2. The van der Waals surface area contributed by atoms with Gasteiger partial charge in [0.2, 0.25) is 0 Å². The number of hydrogen-bond acceptors (Lipinski definition) is 6. The summed E-state index contributed by atoms with van der Waals surface area (Å²) in [5.74, 6) is 1.08. The van der Waals surface area contributed by atoms with E-state index < -0.39 is 0 Å². The standard InChI is InChI=1S/C21H23ClN6S/c1-2-17-10-18-20(23-14-24-21(18)29-17)27-7-3-6-26(8-9-27)12-16-13-28-11-15(22)4-5-19(28)25-16/h4-5,10-11,13-14H,2-3,6-9,12H2,1H3. The molecule has 0 unspecified atom stereocenters. The molecule has 0 aliphatic carbocycles. The Kier molecular flexibility index (Phi) is 5.11. The smallest absolute Gasteiger partial charge is 0.140 e. The summed E-state index contributed by atoms with van der Waals surface area (Å²) < 4.78 is 2.00. The second kappa shape index (κ2) is 7.89. The fourth-order valence-corrected chi connectivity index (χ4v) is 5.08. The van der Waals surface area contributed by atoms with Crippen LogP contribution in [-0.4, -0.2) is 50.4 Å². The van der Waals surface area contributed by atoms with Gasteiger partial charge in [-0.3, -0.25) is 4.90 Å². The topological polar surface area (TPSA) is 49.6 Å². The molecule has 0 amide bonds. The Labute approximate surface area is 178 Å². The third kappa shape index (κ3) is 3.82. The molecule has 4 aromatic rings. The third-order valence-corrected chi connectivity index (χ3v) is 6.86. The molecular weight excluding hydrogens is 404 g/mol. The average molecular weight is 427 g/mol. The monoisotopic (exact) mass is 426 g/mol. The number of hydrogen-bond donors (Lipinski definition) is 0. The van der Waals surface area contributed by atoms with E-state index in [4.69, 9.17) is 16.6 Å². The van der Waals surface area contributed by atoms with Crippen LogP contribution < -0.4 is 4.90 Å². The first-order chi connectivity index (χ1) is 14.2. The van der Waals surface area contributed by atoms with E-state index in [1.54, 1.807) is 17.7 Å². The Morgan fingerprint density at radius 3 is 2.93 bits per heavy atom. The molecule has 29 heavy (non-hydrogen) atoms. The van der Waals surface area contributed by atoms with Crippen molar-refractivity contribution < 1.29 is 0 Å². The lowest BCUT2D eigenvalue weighted by Gasteiger charge is -2.22. The third-order valence-electron chi connectivity index (χ3n) is 5.45. The van der Waals surface area contributed by atoms with Crippen LogP contribution in [0.5, 0.6) is 0 Å². The Morgan fingerprint density at radius 2 is 2.03 bits per heavy atom. The van der Waals surface area contributed by atoms with Crippen molar-refractivity contribution in [2.75, 3.05) is 31.1 Å². The minimum Gasteiger partial charge on any atom is -0.355 e. The molecule has 0 spiro atoms. The molecule has 1 aliphatic heterocycles. The first-order valence-corrected chi connectivity index (χ1v) is 11.2. The summed E-state index contributed by atoms with van der Waals surface area (Å²) >= 11 is 7.87. The first-order valence-electron chi connectivity index (χ1n) is 10.0. The summed E-state index contributed by atoms with van der Waals surface area (Å²) in [5, 5.41) is 1.92. The lowest BCUT2D eigenvalue weighted by Crippen LogP contribution is -2.31. The molecule has 0 radical (unpaired) electrons. The number of nitrogens with zero attached hydrogens (tertiary/aromatic N) is 6. The van der Waals surface area contributed by atoms with E-state index in [1.165, 1.54) is 10.3 Å². The van der Waals surface area contributed by atoms with Crippen LogP contribution in [0.1, 0.15) is 23.9 Å². The van der Waals surface area contributed by atoms with Gasteiger partial charge in [-0.1, -0.05) is 18.5 Å². The quantitative estimate of drug-likeness (QED) is 0.487. The van der Waals surface area contributed by atoms with Crippen molar-refractivity contribution in [3.8, 4) is 0 Å². The molecule has 8 heteroatoms. The fourth-order valence-electron chi connectivity index (χ4n) is 3.98. The zero-order chi connectivity index (χ0) is 19.8. The van der Waals surface area contributed by atoms with Gasteiger partial charge in [0.05, 0.1) is 16.1 Å². The van der Waals surface area contributed by atoms with Gasteiger partial charge in [0.1, 0.15) is 22.6 Å². The Morgan fingerprint density at radius 1 is 1.10 bits per heavy atom. The van der Waals surface area contributed by atoms with Crippen molar-refractivity contribution in [3.05, 3.63) is 52.5 Å². The highest BCUT2D eigenvalue weighted by molar-refractivity contribution is 7.18. The molecule has 150 valence electrons. The van der Waals surface area contributed by atoms with E-state index in [2.05, 4.69) is 39.0 Å². The van der Waals surface area contributed by atoms with Crippen LogP contribution in [0.3, 0.4) is 0 Å². The maximum atomic E-state index is 6.09. The molecule has 6 nitrogen and oxygen atoms in total. The second-order valence-corrected chi connectivity index (χ2v) is 9.00. The molecule has 0 atom stereocenters. The van der Waals surface area contributed by atoms with Gasteiger partial charge in [-0.15, -0.1) is 11.3 Å². The minimum absolute atomic E-state index is 0.725. The van der Waals surface area contributed by atoms with Crippen LogP contribution in [0, 0.1) is 0 Å². The van der Waals surface area contributed by atoms with Crippen LogP contribution >= 0.6 is 22.9 Å². The lowest BCUT2D eigenvalue weighted by molar-refractivity contribution is 0.282. The number of fused-ring (bicyclic) bond motifs is 2. The van der Waals surface area contributed by atoms with Crippen LogP contribution in [0.15, 0.2) is 36.9 Å². The summed E-state index contributed by atoms with van der Waals surface area (Å²) in [6.07, 6.45) is 7.84. The van der Waals surface area contributed by atoms with Gasteiger partial charge in [0.25, 0.3) is 0 Å². The number of thiophene rings is 1. The Balaban J connectivity index is 1.32. The SMILES string of the molecule is CCc1cc2c(N3CCCN(Cc4cn5cc(Cl)ccc5n4)CC3)ncnc2s1. The van der Waals surface area contributed by atoms with E-state index in [0.717, 1.165) is 72.6 Å². The summed E-state index contributed by atoms with van der Waals surface area (Å²) in [6, 6.07) is 6.11. The van der Waals surface area contributed by atoms with Crippen molar-refractivity contribution in [1.29, 1.82) is 0 Å². The zero-order valence-electron chi connectivity index (χ0n) is 16.4. The maximum Gasteiger partial charge on any atom is 0.140 e. The number of aromatic nitrogens is 4. The molecule has 5 heterocycles. The predicted octanol–water partition coefficient (Wildman–Crippen LogP) is 4.27. The molecule has 1 fully saturated rings. The molecule has 4 aromatic heterocycles. The van der Waals surface area contributed by atoms with E-state index >= 15 is 0 Å². The number of anilines is 1. The summed E-state index contributed by atoms with van der Waals surface area (Å²) in [6.45, 7) is 7.07. The summed E-state index contributed by atoms with van der Waals surface area (Å²) in [5.41, 5.74) is 2.02. The van der Waals surface area contributed by atoms with E-state index in [0.29, 0.717) is 0 Å². The zero-order valence-corrected chi connectivity index (χ0v) is 18.0. The maximum absolute atomic E-state index is 6.09. The largest absolute Gasteiger partial charge is 0.355 e. The van der Waals surface area contributed by atoms with Crippen molar-refractivity contribution >= 4 is 44.6 Å².